The Balaban J connectivity index is 2.74. The highest BCUT2D eigenvalue weighted by atomic mass is 35.5. The first kappa shape index (κ1) is 16.3. The van der Waals surface area contributed by atoms with E-state index in [0.717, 1.165) is 0 Å². The molecule has 1 aromatic rings. The summed E-state index contributed by atoms with van der Waals surface area (Å²) in [4.78, 5) is 11.6. The molecule has 0 aliphatic carbocycles. The van der Waals surface area contributed by atoms with Crippen molar-refractivity contribution < 1.29 is 13.2 Å². The molecule has 0 aliphatic rings. The van der Waals surface area contributed by atoms with E-state index in [2.05, 4.69) is 0 Å². The first-order chi connectivity index (χ1) is 8.86. The second kappa shape index (κ2) is 7.14. The van der Waals surface area contributed by atoms with Crippen LogP contribution in [0.1, 0.15) is 6.42 Å². The molecule has 0 aromatic heterocycles. The van der Waals surface area contributed by atoms with Gasteiger partial charge in [0.2, 0.25) is 0 Å². The Morgan fingerprint density at radius 2 is 2.00 bits per heavy atom. The molecule has 1 amide bonds. The van der Waals surface area contributed by atoms with Gasteiger partial charge in [-0.2, -0.15) is 11.8 Å². The Bertz CT molecular complexity index is 531. The first-order valence-electron chi connectivity index (χ1n) is 5.43. The monoisotopic (exact) mass is 322 g/mol. The summed E-state index contributed by atoms with van der Waals surface area (Å²) in [5.41, 5.74) is 5.60. The highest BCUT2D eigenvalue weighted by molar-refractivity contribution is 7.98. The second-order valence-corrected chi connectivity index (χ2v) is 6.92. The molecule has 8 heteroatoms. The molecule has 3 N–H and O–H groups in total. The average Bonchev–Trinajstić information content (AvgIpc) is 2.35. The molecule has 0 heterocycles. The number of thioether (sulfide) groups is 1. The average molecular weight is 323 g/mol. The van der Waals surface area contributed by atoms with Crippen molar-refractivity contribution in [1.82, 2.24) is 4.72 Å². The molecule has 19 heavy (non-hydrogen) atoms. The molecule has 1 atom stereocenters. The normalized spacial score (nSPS) is 13.0. The zero-order valence-electron chi connectivity index (χ0n) is 10.3. The lowest BCUT2D eigenvalue weighted by Gasteiger charge is -2.12. The molecule has 0 radical (unpaired) electrons. The number of carbonyl (C=O) groups excluding carboxylic acids is 1. The number of rotatable bonds is 6. The number of carbonyl (C=O) groups is 1. The number of halogens is 1. The molecular formula is C11H15ClN2O3S2. The topological polar surface area (TPSA) is 89.3 Å². The molecule has 0 saturated heterocycles. The van der Waals surface area contributed by atoms with Crippen molar-refractivity contribution in [1.29, 1.82) is 0 Å². The van der Waals surface area contributed by atoms with Gasteiger partial charge in [-0.1, -0.05) is 11.6 Å². The van der Waals surface area contributed by atoms with E-state index in [4.69, 9.17) is 17.3 Å². The van der Waals surface area contributed by atoms with Crippen molar-refractivity contribution in [2.45, 2.75) is 17.4 Å². The molecular weight excluding hydrogens is 308 g/mol. The maximum Gasteiger partial charge on any atom is 0.264 e. The summed E-state index contributed by atoms with van der Waals surface area (Å²) in [5, 5.41) is 0.418. The quantitative estimate of drug-likeness (QED) is 0.822. The Hall–Kier alpha value is -0.760. The third kappa shape index (κ3) is 5.02. The summed E-state index contributed by atoms with van der Waals surface area (Å²) in [6.45, 7) is 0. The Morgan fingerprint density at radius 3 is 2.53 bits per heavy atom. The van der Waals surface area contributed by atoms with Gasteiger partial charge >= 0.3 is 0 Å². The van der Waals surface area contributed by atoms with Gasteiger partial charge < -0.3 is 5.73 Å². The number of nitrogens with two attached hydrogens (primary N) is 1. The Labute approximate surface area is 121 Å². The van der Waals surface area contributed by atoms with E-state index in [0.29, 0.717) is 17.2 Å². The van der Waals surface area contributed by atoms with Gasteiger partial charge in [0.25, 0.3) is 15.9 Å². The largest absolute Gasteiger partial charge is 0.320 e. The van der Waals surface area contributed by atoms with E-state index >= 15 is 0 Å². The number of hydrogen-bond donors (Lipinski definition) is 2. The van der Waals surface area contributed by atoms with Crippen LogP contribution in [0.15, 0.2) is 29.2 Å². The molecule has 5 nitrogen and oxygen atoms in total. The molecule has 0 spiro atoms. The van der Waals surface area contributed by atoms with Crippen LogP contribution in [-0.2, 0) is 14.8 Å². The lowest BCUT2D eigenvalue weighted by Crippen LogP contribution is -2.43. The van der Waals surface area contributed by atoms with E-state index in [1.807, 2.05) is 11.0 Å². The van der Waals surface area contributed by atoms with E-state index in [1.165, 1.54) is 36.0 Å². The van der Waals surface area contributed by atoms with Gasteiger partial charge in [-0.15, -0.1) is 0 Å². The summed E-state index contributed by atoms with van der Waals surface area (Å²) in [6.07, 6.45) is 2.30. The highest BCUT2D eigenvalue weighted by Gasteiger charge is 2.21. The predicted octanol–water partition coefficient (Wildman–Crippen LogP) is 1.23. The van der Waals surface area contributed by atoms with Crippen LogP contribution in [-0.4, -0.2) is 32.4 Å². The standard InChI is InChI=1S/C11H15ClN2O3S2/c1-18-7-6-10(13)11(15)14-19(16,17)9-4-2-8(12)3-5-9/h2-5,10H,6-7,13H2,1H3,(H,14,15). The molecule has 1 rings (SSSR count). The van der Waals surface area contributed by atoms with Gasteiger partial charge in [-0.05, 0) is 42.7 Å². The lowest BCUT2D eigenvalue weighted by molar-refractivity contribution is -0.120. The molecule has 106 valence electrons. The van der Waals surface area contributed by atoms with E-state index < -0.39 is 22.0 Å². The van der Waals surface area contributed by atoms with Crippen molar-refractivity contribution >= 4 is 39.3 Å². The molecule has 0 aliphatic heterocycles. The first-order valence-corrected chi connectivity index (χ1v) is 8.69. The van der Waals surface area contributed by atoms with Crippen LogP contribution in [0.3, 0.4) is 0 Å². The fourth-order valence-electron chi connectivity index (χ4n) is 1.26. The Morgan fingerprint density at radius 1 is 1.42 bits per heavy atom. The molecule has 0 bridgehead atoms. The minimum absolute atomic E-state index is 0.0256. The summed E-state index contributed by atoms with van der Waals surface area (Å²) >= 11 is 7.21. The third-order valence-electron chi connectivity index (χ3n) is 2.33. The van der Waals surface area contributed by atoms with Crippen LogP contribution < -0.4 is 10.5 Å². The number of hydrogen-bond acceptors (Lipinski definition) is 5. The number of amides is 1. The van der Waals surface area contributed by atoms with E-state index in [1.54, 1.807) is 0 Å². The smallest absolute Gasteiger partial charge is 0.264 e. The van der Waals surface area contributed by atoms with Crippen LogP contribution in [0.4, 0.5) is 0 Å². The number of nitrogens with one attached hydrogen (secondary N) is 1. The van der Waals surface area contributed by atoms with Crippen molar-refractivity contribution in [3.8, 4) is 0 Å². The van der Waals surface area contributed by atoms with Crippen LogP contribution >= 0.6 is 23.4 Å². The SMILES string of the molecule is CSCCC(N)C(=O)NS(=O)(=O)c1ccc(Cl)cc1. The predicted molar refractivity (Wildman–Crippen MR) is 77.8 cm³/mol. The summed E-state index contributed by atoms with van der Waals surface area (Å²) in [5.74, 6) is -0.0146. The minimum atomic E-state index is -3.89. The minimum Gasteiger partial charge on any atom is -0.320 e. The van der Waals surface area contributed by atoms with Gasteiger partial charge in [-0.25, -0.2) is 13.1 Å². The van der Waals surface area contributed by atoms with Crippen molar-refractivity contribution in [3.05, 3.63) is 29.3 Å². The number of benzene rings is 1. The van der Waals surface area contributed by atoms with Crippen LogP contribution in [0, 0.1) is 0 Å². The third-order valence-corrected chi connectivity index (χ3v) is 4.59. The summed E-state index contributed by atoms with van der Waals surface area (Å²) in [6, 6.07) is 4.69. The van der Waals surface area contributed by atoms with E-state index in [9.17, 15) is 13.2 Å². The van der Waals surface area contributed by atoms with Crippen molar-refractivity contribution in [3.63, 3.8) is 0 Å². The highest BCUT2D eigenvalue weighted by Crippen LogP contribution is 2.14. The maximum absolute atomic E-state index is 11.9. The maximum atomic E-state index is 11.9. The fraction of sp³-hybridized carbons (Fsp3) is 0.364. The summed E-state index contributed by atoms with van der Waals surface area (Å²) < 4.78 is 25.7. The summed E-state index contributed by atoms with van der Waals surface area (Å²) in [7, 11) is -3.89. The second-order valence-electron chi connectivity index (χ2n) is 3.81. The van der Waals surface area contributed by atoms with Crippen LogP contribution in [0.25, 0.3) is 0 Å². The van der Waals surface area contributed by atoms with Gasteiger partial charge in [0.15, 0.2) is 0 Å². The van der Waals surface area contributed by atoms with Gasteiger partial charge in [0.1, 0.15) is 0 Å². The van der Waals surface area contributed by atoms with Gasteiger partial charge in [0.05, 0.1) is 10.9 Å². The van der Waals surface area contributed by atoms with Crippen molar-refractivity contribution in [2.75, 3.05) is 12.0 Å². The lowest BCUT2D eigenvalue weighted by atomic mass is 10.2. The molecule has 0 fully saturated rings. The zero-order valence-corrected chi connectivity index (χ0v) is 12.7. The van der Waals surface area contributed by atoms with Crippen molar-refractivity contribution in [2.24, 2.45) is 5.73 Å². The Kier molecular flexibility index (Phi) is 6.12. The number of sulfonamides is 1. The fourth-order valence-corrected chi connectivity index (χ4v) is 2.90. The van der Waals surface area contributed by atoms with Gasteiger partial charge in [0, 0.05) is 5.02 Å². The van der Waals surface area contributed by atoms with Crippen LogP contribution in [0.5, 0.6) is 0 Å². The van der Waals surface area contributed by atoms with E-state index in [-0.39, 0.29) is 4.90 Å². The van der Waals surface area contributed by atoms with Gasteiger partial charge in [-0.3, -0.25) is 4.79 Å². The molecule has 0 saturated carbocycles. The molecule has 1 aromatic carbocycles. The molecule has 1 unspecified atom stereocenters. The van der Waals surface area contributed by atoms with Crippen LogP contribution in [0.2, 0.25) is 5.02 Å². The zero-order chi connectivity index (χ0) is 14.5.